The van der Waals surface area contributed by atoms with Gasteiger partial charge in [0.1, 0.15) is 47.3 Å². The van der Waals surface area contributed by atoms with Gasteiger partial charge in [0.2, 0.25) is 0 Å². The zero-order chi connectivity index (χ0) is 40.6. The Kier molecular flexibility index (Phi) is 12.2. The Morgan fingerprint density at radius 1 is 0.828 bits per heavy atom. The third kappa shape index (κ3) is 9.75. The van der Waals surface area contributed by atoms with Crippen molar-refractivity contribution < 1.29 is 31.8 Å². The fourth-order valence-corrected chi connectivity index (χ4v) is 7.23. The molecule has 0 aliphatic carbocycles. The van der Waals surface area contributed by atoms with Gasteiger partial charge in [-0.15, -0.1) is 0 Å². The first-order chi connectivity index (χ1) is 28.0. The molecule has 2 aliphatic rings. The first kappa shape index (κ1) is 39.8. The van der Waals surface area contributed by atoms with Crippen LogP contribution in [0.3, 0.4) is 0 Å². The van der Waals surface area contributed by atoms with Crippen LogP contribution in [0.2, 0.25) is 0 Å². The standard InChI is InChI=1S/C38H37F3N6O3.C6H6FN/c1-26-18-33(46-16-14-45(15-17-46)32-9-2-28(3-10-32)37(48)44-31-7-4-29(39)5-8-31)11-13-36(26)49-21-27-20-38(50-22-27,23-47-25-42-24-43-47)34-12-6-30(40)19-35(34)41;7-5-1-3-6(8)4-2-5/h2-13,18-19,24-25,27H,14-17,20-23H2,1H3,(H,44,48);1-4H,8H2/t27-,38+;/m1./s1. The Hall–Kier alpha value is -6.41. The molecule has 10 nitrogen and oxygen atoms in total. The summed E-state index contributed by atoms with van der Waals surface area (Å²) in [4.78, 5) is 21.3. The predicted octanol–water partition coefficient (Wildman–Crippen LogP) is 8.00. The van der Waals surface area contributed by atoms with Crippen LogP contribution in [0.1, 0.15) is 27.9 Å². The van der Waals surface area contributed by atoms with Crippen LogP contribution in [-0.2, 0) is 16.9 Å². The zero-order valence-electron chi connectivity index (χ0n) is 31.8. The van der Waals surface area contributed by atoms with Crippen molar-refractivity contribution in [3.05, 3.63) is 162 Å². The molecule has 0 radical (unpaired) electrons. The number of aryl methyl sites for hydroxylation is 1. The minimum absolute atomic E-state index is 0.0200. The lowest BCUT2D eigenvalue weighted by Crippen LogP contribution is -2.46. The Balaban J connectivity index is 0.000000573. The van der Waals surface area contributed by atoms with Crippen molar-refractivity contribution in [3.63, 3.8) is 0 Å². The van der Waals surface area contributed by atoms with Crippen molar-refractivity contribution in [2.75, 3.05) is 60.2 Å². The summed E-state index contributed by atoms with van der Waals surface area (Å²) < 4.78 is 68.1. The molecule has 2 saturated heterocycles. The fourth-order valence-electron chi connectivity index (χ4n) is 7.23. The van der Waals surface area contributed by atoms with E-state index in [1.807, 2.05) is 25.1 Å². The summed E-state index contributed by atoms with van der Waals surface area (Å²) in [6, 6.07) is 28.7. The number of ether oxygens (including phenoxy) is 2. The summed E-state index contributed by atoms with van der Waals surface area (Å²) in [5, 5.41) is 6.98. The largest absolute Gasteiger partial charge is 0.493 e. The average molecular weight is 794 g/mol. The number of nitrogen functional groups attached to an aromatic ring is 1. The number of carbonyl (C=O) groups excluding carboxylic acids is 1. The highest BCUT2D eigenvalue weighted by Crippen LogP contribution is 2.42. The maximum absolute atomic E-state index is 15.0. The smallest absolute Gasteiger partial charge is 0.255 e. The number of amides is 1. The highest BCUT2D eigenvalue weighted by atomic mass is 19.1. The molecule has 14 heteroatoms. The van der Waals surface area contributed by atoms with E-state index in [9.17, 15) is 22.4 Å². The van der Waals surface area contributed by atoms with E-state index in [1.165, 1.54) is 67.0 Å². The number of piperazine rings is 1. The molecule has 3 N–H and O–H groups in total. The number of halogens is 4. The molecule has 0 spiro atoms. The van der Waals surface area contributed by atoms with Crippen LogP contribution >= 0.6 is 0 Å². The Labute approximate surface area is 333 Å². The first-order valence-corrected chi connectivity index (χ1v) is 18.9. The molecule has 3 heterocycles. The van der Waals surface area contributed by atoms with E-state index < -0.39 is 17.2 Å². The highest BCUT2D eigenvalue weighted by Gasteiger charge is 2.44. The molecule has 300 valence electrons. The summed E-state index contributed by atoms with van der Waals surface area (Å²) in [6.45, 7) is 6.33. The number of aromatic nitrogens is 3. The molecule has 58 heavy (non-hydrogen) atoms. The molecule has 6 aromatic rings. The number of hydrogen-bond acceptors (Lipinski definition) is 8. The third-order valence-corrected chi connectivity index (χ3v) is 10.3. The van der Waals surface area contributed by atoms with Gasteiger partial charge in [-0.25, -0.2) is 27.2 Å². The van der Waals surface area contributed by atoms with Crippen LogP contribution in [0, 0.1) is 36.1 Å². The van der Waals surface area contributed by atoms with Gasteiger partial charge < -0.3 is 30.3 Å². The van der Waals surface area contributed by atoms with E-state index in [1.54, 1.807) is 23.1 Å². The molecule has 2 fully saturated rings. The number of carbonyl (C=O) groups is 1. The minimum atomic E-state index is -1.03. The molecular weight excluding hydrogens is 751 g/mol. The van der Waals surface area contributed by atoms with Gasteiger partial charge in [-0.2, -0.15) is 5.10 Å². The molecule has 1 aromatic heterocycles. The maximum atomic E-state index is 15.0. The molecule has 0 unspecified atom stereocenters. The molecule has 5 aromatic carbocycles. The molecule has 2 aliphatic heterocycles. The van der Waals surface area contributed by atoms with Crippen LogP contribution in [0.4, 0.5) is 40.3 Å². The monoisotopic (exact) mass is 793 g/mol. The third-order valence-electron chi connectivity index (χ3n) is 10.3. The quantitative estimate of drug-likeness (QED) is 0.106. The van der Waals surface area contributed by atoms with Gasteiger partial charge in [0.15, 0.2) is 0 Å². The van der Waals surface area contributed by atoms with Crippen LogP contribution in [0.5, 0.6) is 5.75 Å². The number of anilines is 4. The topological polar surface area (TPSA) is 111 Å². The number of hydrogen-bond donors (Lipinski definition) is 2. The van der Waals surface area contributed by atoms with E-state index in [-0.39, 0.29) is 30.0 Å². The van der Waals surface area contributed by atoms with Gasteiger partial charge in [0.25, 0.3) is 5.91 Å². The van der Waals surface area contributed by atoms with Gasteiger partial charge in [-0.1, -0.05) is 6.07 Å². The van der Waals surface area contributed by atoms with E-state index in [0.717, 1.165) is 54.9 Å². The zero-order valence-corrected chi connectivity index (χ0v) is 31.8. The summed E-state index contributed by atoms with van der Waals surface area (Å²) in [6.07, 6.45) is 3.45. The molecule has 2 atom stereocenters. The number of nitrogens with two attached hydrogens (primary N) is 1. The van der Waals surface area contributed by atoms with E-state index in [2.05, 4.69) is 37.3 Å². The number of nitrogens with one attached hydrogen (secondary N) is 1. The fraction of sp³-hybridized carbons (Fsp3) is 0.250. The Morgan fingerprint density at radius 2 is 1.47 bits per heavy atom. The number of nitrogens with zero attached hydrogens (tertiary/aromatic N) is 5. The molecule has 0 saturated carbocycles. The van der Waals surface area contributed by atoms with Crippen molar-refractivity contribution in [3.8, 4) is 5.75 Å². The van der Waals surface area contributed by atoms with Gasteiger partial charge in [0.05, 0.1) is 19.8 Å². The van der Waals surface area contributed by atoms with E-state index >= 15 is 0 Å². The van der Waals surface area contributed by atoms with Crippen LogP contribution < -0.4 is 25.6 Å². The lowest BCUT2D eigenvalue weighted by Gasteiger charge is -2.37. The summed E-state index contributed by atoms with van der Waals surface area (Å²) in [7, 11) is 0. The van der Waals surface area contributed by atoms with Crippen LogP contribution in [0.25, 0.3) is 0 Å². The molecule has 8 rings (SSSR count). The predicted molar refractivity (Wildman–Crippen MR) is 215 cm³/mol. The Bertz CT molecular complexity index is 2270. The van der Waals surface area contributed by atoms with Gasteiger partial charge >= 0.3 is 0 Å². The van der Waals surface area contributed by atoms with E-state index in [0.29, 0.717) is 42.1 Å². The van der Waals surface area contributed by atoms with Crippen molar-refractivity contribution in [2.45, 2.75) is 25.5 Å². The number of benzene rings is 5. The second-order valence-corrected chi connectivity index (χ2v) is 14.4. The lowest BCUT2D eigenvalue weighted by atomic mass is 9.87. The molecular formula is C44H43F4N7O3. The van der Waals surface area contributed by atoms with E-state index in [4.69, 9.17) is 15.2 Å². The van der Waals surface area contributed by atoms with Crippen LogP contribution in [0.15, 0.2) is 122 Å². The summed E-state index contributed by atoms with van der Waals surface area (Å²) in [5.74, 6) is -1.39. The van der Waals surface area contributed by atoms with Crippen molar-refractivity contribution in [1.29, 1.82) is 0 Å². The average Bonchev–Trinajstić information content (AvgIpc) is 3.90. The minimum Gasteiger partial charge on any atom is -0.493 e. The van der Waals surface area contributed by atoms with Crippen molar-refractivity contribution in [2.24, 2.45) is 5.92 Å². The van der Waals surface area contributed by atoms with Crippen molar-refractivity contribution in [1.82, 2.24) is 14.8 Å². The Morgan fingerprint density at radius 3 is 2.09 bits per heavy atom. The lowest BCUT2D eigenvalue weighted by molar-refractivity contribution is -0.0206. The first-order valence-electron chi connectivity index (χ1n) is 18.9. The van der Waals surface area contributed by atoms with Gasteiger partial charge in [-0.05, 0) is 116 Å². The summed E-state index contributed by atoms with van der Waals surface area (Å²) in [5.41, 5.74) is 9.36. The van der Waals surface area contributed by atoms with Crippen molar-refractivity contribution >= 4 is 28.7 Å². The van der Waals surface area contributed by atoms with Gasteiger partial charge in [-0.3, -0.25) is 4.79 Å². The van der Waals surface area contributed by atoms with Crippen LogP contribution in [-0.4, -0.2) is 60.1 Å². The second-order valence-electron chi connectivity index (χ2n) is 14.4. The normalized spacial score (nSPS) is 17.7. The molecule has 0 bridgehead atoms. The van der Waals surface area contributed by atoms with Gasteiger partial charge in [0, 0.05) is 72.0 Å². The summed E-state index contributed by atoms with van der Waals surface area (Å²) >= 11 is 0. The molecule has 1 amide bonds. The number of rotatable bonds is 10. The second kappa shape index (κ2) is 17.8. The highest BCUT2D eigenvalue weighted by molar-refractivity contribution is 6.04. The SMILES string of the molecule is Cc1cc(N2CCN(c3ccc(C(=O)Nc4ccc(F)cc4)cc3)CC2)ccc1OC[C@@H]1CO[C@@](Cn2cncn2)(c2ccc(F)cc2F)C1.Nc1ccc(F)cc1. The maximum Gasteiger partial charge on any atom is 0.255 e.